The van der Waals surface area contributed by atoms with E-state index in [0.29, 0.717) is 11.7 Å². The largest absolute Gasteiger partial charge is 0.312 e. The van der Waals surface area contributed by atoms with Crippen molar-refractivity contribution in [3.8, 4) is 0 Å². The van der Waals surface area contributed by atoms with Gasteiger partial charge in [-0.3, -0.25) is 9.59 Å². The van der Waals surface area contributed by atoms with E-state index >= 15 is 0 Å². The monoisotopic (exact) mass is 386 g/mol. The molecule has 6 nitrogen and oxygen atoms in total. The van der Waals surface area contributed by atoms with Crippen LogP contribution in [0.5, 0.6) is 0 Å². The average Bonchev–Trinajstić information content (AvgIpc) is 3.29. The van der Waals surface area contributed by atoms with Gasteiger partial charge in [-0.15, -0.1) is 10.2 Å². The Balaban J connectivity index is 1.65. The minimum atomic E-state index is -0.380. The van der Waals surface area contributed by atoms with E-state index in [1.54, 1.807) is 4.90 Å². The van der Waals surface area contributed by atoms with Crippen molar-refractivity contribution in [2.75, 3.05) is 16.8 Å². The van der Waals surface area contributed by atoms with Gasteiger partial charge < -0.3 is 10.2 Å². The molecule has 1 N–H and O–H groups in total. The average molecular weight is 387 g/mol. The number of hydrogen-bond donors (Lipinski definition) is 1. The maximum Gasteiger partial charge on any atom is 0.231 e. The first-order valence-electron chi connectivity index (χ1n) is 9.38. The molecule has 27 heavy (non-hydrogen) atoms. The highest BCUT2D eigenvalue weighted by Gasteiger charge is 2.35. The molecule has 1 atom stereocenters. The molecule has 0 bridgehead atoms. The number of aromatic nitrogens is 2. The predicted molar refractivity (Wildman–Crippen MR) is 108 cm³/mol. The molecule has 2 heterocycles. The maximum atomic E-state index is 12.6. The first kappa shape index (κ1) is 19.5. The summed E-state index contributed by atoms with van der Waals surface area (Å²) in [5.74, 6) is -0.576. The van der Waals surface area contributed by atoms with Gasteiger partial charge in [-0.25, -0.2) is 0 Å². The van der Waals surface area contributed by atoms with Gasteiger partial charge in [0.1, 0.15) is 5.01 Å². The number of anilines is 2. The Morgan fingerprint density at radius 3 is 2.59 bits per heavy atom. The minimum Gasteiger partial charge on any atom is -0.312 e. The molecule has 1 aliphatic rings. The number of benzene rings is 1. The standard InChI is InChI=1S/C20H26N4O2S/c1-5-13-7-9-15(10-8-13)24-12-14(11-16(24)25)17(26)21-19-23-22-18(27-19)20(3,4)6-2/h7-10,14H,5-6,11-12H2,1-4H3,(H,21,23,26)/t14-/m0/s1. The van der Waals surface area contributed by atoms with Crippen LogP contribution in [0.1, 0.15) is 51.1 Å². The van der Waals surface area contributed by atoms with Gasteiger partial charge in [-0.2, -0.15) is 0 Å². The summed E-state index contributed by atoms with van der Waals surface area (Å²) >= 11 is 1.40. The molecule has 144 valence electrons. The number of rotatable bonds is 6. The summed E-state index contributed by atoms with van der Waals surface area (Å²) < 4.78 is 0. The van der Waals surface area contributed by atoms with Crippen molar-refractivity contribution in [3.05, 3.63) is 34.8 Å². The highest BCUT2D eigenvalue weighted by molar-refractivity contribution is 7.15. The fourth-order valence-corrected chi connectivity index (χ4v) is 3.87. The fraction of sp³-hybridized carbons (Fsp3) is 0.500. The van der Waals surface area contributed by atoms with Crippen molar-refractivity contribution in [3.63, 3.8) is 0 Å². The van der Waals surface area contributed by atoms with Crippen LogP contribution >= 0.6 is 11.3 Å². The Morgan fingerprint density at radius 2 is 1.96 bits per heavy atom. The van der Waals surface area contributed by atoms with Gasteiger partial charge >= 0.3 is 0 Å². The summed E-state index contributed by atoms with van der Waals surface area (Å²) in [4.78, 5) is 26.7. The van der Waals surface area contributed by atoms with E-state index < -0.39 is 0 Å². The number of hydrogen-bond acceptors (Lipinski definition) is 5. The van der Waals surface area contributed by atoms with Crippen molar-refractivity contribution in [2.24, 2.45) is 5.92 Å². The number of nitrogens with one attached hydrogen (secondary N) is 1. The van der Waals surface area contributed by atoms with E-state index in [-0.39, 0.29) is 29.6 Å². The van der Waals surface area contributed by atoms with Crippen molar-refractivity contribution in [1.29, 1.82) is 0 Å². The van der Waals surface area contributed by atoms with Crippen LogP contribution in [0.2, 0.25) is 0 Å². The maximum absolute atomic E-state index is 12.6. The van der Waals surface area contributed by atoms with Crippen LogP contribution in [0.4, 0.5) is 10.8 Å². The third-order valence-corrected chi connectivity index (χ3v) is 6.47. The molecule has 0 radical (unpaired) electrons. The van der Waals surface area contributed by atoms with Crippen LogP contribution in [0.25, 0.3) is 0 Å². The zero-order chi connectivity index (χ0) is 19.6. The van der Waals surface area contributed by atoms with E-state index in [2.05, 4.69) is 43.2 Å². The van der Waals surface area contributed by atoms with Crippen molar-refractivity contribution in [1.82, 2.24) is 10.2 Å². The van der Waals surface area contributed by atoms with Crippen molar-refractivity contribution < 1.29 is 9.59 Å². The Bertz CT molecular complexity index is 829. The molecule has 0 aliphatic carbocycles. The van der Waals surface area contributed by atoms with Gasteiger partial charge in [0, 0.05) is 24.1 Å². The van der Waals surface area contributed by atoms with Crippen LogP contribution in [-0.2, 0) is 21.4 Å². The zero-order valence-electron chi connectivity index (χ0n) is 16.3. The smallest absolute Gasteiger partial charge is 0.231 e. The number of carbonyl (C=O) groups excluding carboxylic acids is 2. The summed E-state index contributed by atoms with van der Waals surface area (Å²) in [5.41, 5.74) is 2.00. The SMILES string of the molecule is CCc1ccc(N2C[C@@H](C(=O)Nc3nnc(C(C)(C)CC)s3)CC2=O)cc1. The second-order valence-corrected chi connectivity index (χ2v) is 8.54. The first-order valence-corrected chi connectivity index (χ1v) is 10.2. The van der Waals surface area contributed by atoms with E-state index in [9.17, 15) is 9.59 Å². The Hall–Kier alpha value is -2.28. The van der Waals surface area contributed by atoms with Gasteiger partial charge in [0.15, 0.2) is 0 Å². The van der Waals surface area contributed by atoms with Crippen LogP contribution < -0.4 is 10.2 Å². The van der Waals surface area contributed by atoms with Crippen molar-refractivity contribution >= 4 is 34.0 Å². The number of amides is 2. The summed E-state index contributed by atoms with van der Waals surface area (Å²) in [6.07, 6.45) is 2.11. The van der Waals surface area contributed by atoms with E-state index in [4.69, 9.17) is 0 Å². The molecular formula is C20H26N4O2S. The van der Waals surface area contributed by atoms with Crippen LogP contribution in [-0.4, -0.2) is 28.6 Å². The highest BCUT2D eigenvalue weighted by atomic mass is 32.1. The van der Waals surface area contributed by atoms with Gasteiger partial charge in [-0.05, 0) is 30.5 Å². The number of nitrogens with zero attached hydrogens (tertiary/aromatic N) is 3. The molecule has 0 saturated carbocycles. The number of aryl methyl sites for hydroxylation is 1. The van der Waals surface area contributed by atoms with E-state index in [0.717, 1.165) is 23.5 Å². The lowest BCUT2D eigenvalue weighted by molar-refractivity contribution is -0.122. The zero-order valence-corrected chi connectivity index (χ0v) is 17.1. The molecule has 0 spiro atoms. The third-order valence-electron chi connectivity index (χ3n) is 5.27. The predicted octanol–water partition coefficient (Wildman–Crippen LogP) is 3.78. The van der Waals surface area contributed by atoms with Crippen molar-refractivity contribution in [2.45, 2.75) is 52.4 Å². The highest BCUT2D eigenvalue weighted by Crippen LogP contribution is 2.32. The molecule has 1 aromatic carbocycles. The molecule has 3 rings (SSSR count). The van der Waals surface area contributed by atoms with Crippen LogP contribution in [0.3, 0.4) is 0 Å². The fourth-order valence-electron chi connectivity index (χ4n) is 2.95. The molecule has 1 aliphatic heterocycles. The molecule has 1 saturated heterocycles. The van der Waals surface area contributed by atoms with Gasteiger partial charge in [0.05, 0.1) is 5.92 Å². The lowest BCUT2D eigenvalue weighted by atomic mass is 9.91. The minimum absolute atomic E-state index is 0.0236. The number of carbonyl (C=O) groups is 2. The normalized spacial score (nSPS) is 17.4. The lowest BCUT2D eigenvalue weighted by Crippen LogP contribution is -2.28. The Kier molecular flexibility index (Phi) is 5.60. The molecule has 2 aromatic rings. The Morgan fingerprint density at radius 1 is 1.26 bits per heavy atom. The second kappa shape index (κ2) is 7.76. The second-order valence-electron chi connectivity index (χ2n) is 7.56. The molecule has 1 fully saturated rings. The van der Waals surface area contributed by atoms with Crippen LogP contribution in [0, 0.1) is 5.92 Å². The molecular weight excluding hydrogens is 360 g/mol. The lowest BCUT2D eigenvalue weighted by Gasteiger charge is -2.17. The summed E-state index contributed by atoms with van der Waals surface area (Å²) in [6.45, 7) is 8.80. The van der Waals surface area contributed by atoms with E-state index in [1.165, 1.54) is 16.9 Å². The van der Waals surface area contributed by atoms with Gasteiger partial charge in [-0.1, -0.05) is 51.2 Å². The first-order chi connectivity index (χ1) is 12.8. The van der Waals surface area contributed by atoms with Gasteiger partial charge in [0.2, 0.25) is 16.9 Å². The van der Waals surface area contributed by atoms with Crippen LogP contribution in [0.15, 0.2) is 24.3 Å². The Labute approximate surface area is 164 Å². The molecule has 7 heteroatoms. The molecule has 0 unspecified atom stereocenters. The molecule has 2 amide bonds. The summed E-state index contributed by atoms with van der Waals surface area (Å²) in [6, 6.07) is 7.93. The van der Waals surface area contributed by atoms with E-state index in [1.807, 2.05) is 24.3 Å². The molecule has 1 aromatic heterocycles. The van der Waals surface area contributed by atoms with Gasteiger partial charge in [0.25, 0.3) is 0 Å². The topological polar surface area (TPSA) is 75.2 Å². The quantitative estimate of drug-likeness (QED) is 0.820. The third kappa shape index (κ3) is 4.18. The summed E-state index contributed by atoms with van der Waals surface area (Å²) in [5, 5.41) is 12.5. The summed E-state index contributed by atoms with van der Waals surface area (Å²) in [7, 11) is 0.